The minimum atomic E-state index is 0.627. The lowest BCUT2D eigenvalue weighted by molar-refractivity contribution is 0.454. The third-order valence-electron chi connectivity index (χ3n) is 1.96. The normalized spacial score (nSPS) is 10.1. The van der Waals surface area contributed by atoms with Crippen LogP contribution in [0.5, 0.6) is 5.75 Å². The molecule has 0 aliphatic carbocycles. The van der Waals surface area contributed by atoms with Crippen molar-refractivity contribution in [1.82, 2.24) is 0 Å². The Hall–Kier alpha value is -0.995. The minimum Gasteiger partial charge on any atom is -0.537 e. The van der Waals surface area contributed by atoms with Crippen LogP contribution in [0.1, 0.15) is 0 Å². The molecule has 0 saturated carbocycles. The average Bonchev–Trinajstić information content (AvgIpc) is 2.19. The zero-order chi connectivity index (χ0) is 9.97. The highest BCUT2D eigenvalue weighted by molar-refractivity contribution is 9.10. The van der Waals surface area contributed by atoms with Crippen LogP contribution in [0, 0.1) is 0 Å². The molecule has 2 aromatic carbocycles. The van der Waals surface area contributed by atoms with Gasteiger partial charge in [-0.15, -0.1) is 0 Å². The van der Waals surface area contributed by atoms with Gasteiger partial charge in [0.1, 0.15) is 5.75 Å². The first-order valence-electron chi connectivity index (χ1n) is 4.11. The highest BCUT2D eigenvalue weighted by atomic mass is 79.9. The molecule has 1 radical (unpaired) electrons. The summed E-state index contributed by atoms with van der Waals surface area (Å²) in [5, 5.41) is 10.7. The molecule has 0 saturated heterocycles. The van der Waals surface area contributed by atoms with Gasteiger partial charge in [0, 0.05) is 4.47 Å². The maximum Gasteiger partial charge on any atom is 0.569 e. The van der Waals surface area contributed by atoms with Crippen molar-refractivity contribution in [3.05, 3.63) is 40.9 Å². The van der Waals surface area contributed by atoms with E-state index in [0.29, 0.717) is 13.4 Å². The monoisotopic (exact) mass is 249 g/mol. The van der Waals surface area contributed by atoms with E-state index >= 15 is 0 Å². The van der Waals surface area contributed by atoms with E-state index in [2.05, 4.69) is 15.9 Å². The van der Waals surface area contributed by atoms with Crippen molar-refractivity contribution in [2.24, 2.45) is 0 Å². The smallest absolute Gasteiger partial charge is 0.537 e. The number of halogens is 1. The molecule has 0 fully saturated rings. The summed E-state index contributed by atoms with van der Waals surface area (Å²) in [6, 6.07) is 11.6. The van der Waals surface area contributed by atoms with Crippen molar-refractivity contribution in [2.75, 3.05) is 0 Å². The first-order chi connectivity index (χ1) is 6.79. The summed E-state index contributed by atoms with van der Waals surface area (Å²) in [5.41, 5.74) is 0. The van der Waals surface area contributed by atoms with E-state index in [4.69, 9.17) is 9.68 Å². The summed E-state index contributed by atoms with van der Waals surface area (Å²) in [6.07, 6.45) is 0. The van der Waals surface area contributed by atoms with Crippen molar-refractivity contribution in [3.8, 4) is 5.75 Å². The molecule has 0 heterocycles. The SMILES string of the molecule is O[B]Oc1ccc2cc(Br)ccc2c1. The minimum absolute atomic E-state index is 0.627. The van der Waals surface area contributed by atoms with Gasteiger partial charge in [-0.05, 0) is 35.0 Å². The fraction of sp³-hybridized carbons (Fsp3) is 0. The Balaban J connectivity index is 2.50. The second kappa shape index (κ2) is 4.03. The highest BCUT2D eigenvalue weighted by Gasteiger charge is 1.98. The van der Waals surface area contributed by atoms with E-state index in [9.17, 15) is 0 Å². The number of rotatable bonds is 2. The Labute approximate surface area is 90.9 Å². The average molecular weight is 250 g/mol. The van der Waals surface area contributed by atoms with E-state index in [1.54, 1.807) is 0 Å². The number of benzene rings is 2. The van der Waals surface area contributed by atoms with Gasteiger partial charge in [0.2, 0.25) is 0 Å². The Morgan fingerprint density at radius 3 is 2.57 bits per heavy atom. The zero-order valence-electron chi connectivity index (χ0n) is 7.27. The molecule has 4 heteroatoms. The molecule has 0 bridgehead atoms. The predicted octanol–water partition coefficient (Wildman–Crippen LogP) is 2.51. The molecular formula is C10H7BBrO2. The summed E-state index contributed by atoms with van der Waals surface area (Å²) in [6.45, 7) is 0. The molecule has 0 aromatic heterocycles. The quantitative estimate of drug-likeness (QED) is 0.829. The predicted molar refractivity (Wildman–Crippen MR) is 60.2 cm³/mol. The molecule has 2 rings (SSSR count). The number of hydrogen-bond acceptors (Lipinski definition) is 2. The Bertz CT molecular complexity index is 459. The zero-order valence-corrected chi connectivity index (χ0v) is 8.86. The van der Waals surface area contributed by atoms with Crippen molar-refractivity contribution in [2.45, 2.75) is 0 Å². The van der Waals surface area contributed by atoms with Gasteiger partial charge >= 0.3 is 7.69 Å². The van der Waals surface area contributed by atoms with Gasteiger partial charge in [0.05, 0.1) is 0 Å². The summed E-state index contributed by atoms with van der Waals surface area (Å²) in [4.78, 5) is 0. The van der Waals surface area contributed by atoms with Gasteiger partial charge in [-0.3, -0.25) is 0 Å². The summed E-state index contributed by atoms with van der Waals surface area (Å²) < 4.78 is 5.91. The summed E-state index contributed by atoms with van der Waals surface area (Å²) >= 11 is 3.40. The van der Waals surface area contributed by atoms with Crippen LogP contribution in [0.25, 0.3) is 10.8 Å². The first-order valence-corrected chi connectivity index (χ1v) is 4.91. The molecule has 0 atom stereocenters. The van der Waals surface area contributed by atoms with Gasteiger partial charge in [-0.2, -0.15) is 0 Å². The van der Waals surface area contributed by atoms with E-state index in [-0.39, 0.29) is 0 Å². The van der Waals surface area contributed by atoms with Crippen LogP contribution in [0.3, 0.4) is 0 Å². The van der Waals surface area contributed by atoms with Crippen molar-refractivity contribution in [3.63, 3.8) is 0 Å². The van der Waals surface area contributed by atoms with E-state index in [1.807, 2.05) is 36.4 Å². The van der Waals surface area contributed by atoms with Gasteiger partial charge in [-0.25, -0.2) is 0 Å². The molecule has 1 N–H and O–H groups in total. The number of hydrogen-bond donors (Lipinski definition) is 1. The van der Waals surface area contributed by atoms with Crippen LogP contribution in [-0.2, 0) is 0 Å². The summed E-state index contributed by atoms with van der Waals surface area (Å²) in [7, 11) is 0.681. The lowest BCUT2D eigenvalue weighted by Gasteiger charge is -2.03. The standard InChI is InChI=1S/C10H7BBrO2/c12-9-3-1-8-6-10(14-11-13)4-2-7(8)5-9/h1-6,13H. The number of fused-ring (bicyclic) bond motifs is 1. The van der Waals surface area contributed by atoms with Crippen LogP contribution in [-0.4, -0.2) is 12.7 Å². The van der Waals surface area contributed by atoms with Gasteiger partial charge in [0.25, 0.3) is 0 Å². The molecule has 0 aliphatic rings. The molecular weight excluding hydrogens is 243 g/mol. The molecule has 2 nitrogen and oxygen atoms in total. The molecule has 14 heavy (non-hydrogen) atoms. The molecule has 0 unspecified atom stereocenters. The summed E-state index contributed by atoms with van der Waals surface area (Å²) in [5.74, 6) is 0.627. The largest absolute Gasteiger partial charge is 0.569 e. The van der Waals surface area contributed by atoms with Gasteiger partial charge in [-0.1, -0.05) is 28.1 Å². The van der Waals surface area contributed by atoms with E-state index in [0.717, 1.165) is 15.2 Å². The first kappa shape index (κ1) is 9.56. The van der Waals surface area contributed by atoms with Crippen LogP contribution in [0.4, 0.5) is 0 Å². The second-order valence-corrected chi connectivity index (χ2v) is 3.79. The maximum atomic E-state index is 8.48. The van der Waals surface area contributed by atoms with Gasteiger partial charge < -0.3 is 9.68 Å². The molecule has 69 valence electrons. The van der Waals surface area contributed by atoms with Crippen molar-refractivity contribution < 1.29 is 9.68 Å². The van der Waals surface area contributed by atoms with Crippen LogP contribution in [0.2, 0.25) is 0 Å². The van der Waals surface area contributed by atoms with Crippen LogP contribution in [0.15, 0.2) is 40.9 Å². The highest BCUT2D eigenvalue weighted by Crippen LogP contribution is 2.23. The fourth-order valence-corrected chi connectivity index (χ4v) is 1.71. The molecule has 0 spiro atoms. The Morgan fingerprint density at radius 1 is 1.07 bits per heavy atom. The fourth-order valence-electron chi connectivity index (χ4n) is 1.33. The van der Waals surface area contributed by atoms with Crippen LogP contribution >= 0.6 is 15.9 Å². The lowest BCUT2D eigenvalue weighted by Crippen LogP contribution is -1.99. The maximum absolute atomic E-state index is 8.48. The van der Waals surface area contributed by atoms with Crippen molar-refractivity contribution >= 4 is 34.4 Å². The Kier molecular flexibility index (Phi) is 2.75. The van der Waals surface area contributed by atoms with Gasteiger partial charge in [0.15, 0.2) is 0 Å². The van der Waals surface area contributed by atoms with Crippen LogP contribution < -0.4 is 4.65 Å². The third kappa shape index (κ3) is 1.91. The molecule has 0 aliphatic heterocycles. The lowest BCUT2D eigenvalue weighted by atomic mass is 10.1. The van der Waals surface area contributed by atoms with E-state index in [1.165, 1.54) is 0 Å². The van der Waals surface area contributed by atoms with Crippen molar-refractivity contribution in [1.29, 1.82) is 0 Å². The third-order valence-corrected chi connectivity index (χ3v) is 2.46. The second-order valence-electron chi connectivity index (χ2n) is 2.88. The topological polar surface area (TPSA) is 29.5 Å². The molecule has 2 aromatic rings. The Morgan fingerprint density at radius 2 is 1.79 bits per heavy atom. The van der Waals surface area contributed by atoms with E-state index < -0.39 is 0 Å². The molecule has 0 amide bonds.